The van der Waals surface area contributed by atoms with Crippen LogP contribution in [0, 0.1) is 0 Å². The minimum Gasteiger partial charge on any atom is -0.332 e. The summed E-state index contributed by atoms with van der Waals surface area (Å²) in [6.45, 7) is 3.82. The van der Waals surface area contributed by atoms with Crippen molar-refractivity contribution < 1.29 is 4.79 Å². The van der Waals surface area contributed by atoms with Crippen LogP contribution in [0.2, 0.25) is 0 Å². The molecule has 17 heavy (non-hydrogen) atoms. The molecule has 1 atom stereocenters. The molecule has 4 nitrogen and oxygen atoms in total. The maximum atomic E-state index is 12.4. The van der Waals surface area contributed by atoms with E-state index in [9.17, 15) is 4.79 Å². The molecule has 1 aromatic heterocycles. The molecule has 0 saturated carbocycles. The molecule has 92 valence electrons. The van der Waals surface area contributed by atoms with Crippen LogP contribution in [0.5, 0.6) is 0 Å². The van der Waals surface area contributed by atoms with Gasteiger partial charge in [-0.2, -0.15) is 0 Å². The van der Waals surface area contributed by atoms with Crippen LogP contribution in [0.3, 0.4) is 0 Å². The van der Waals surface area contributed by atoms with E-state index in [1.165, 1.54) is 0 Å². The summed E-state index contributed by atoms with van der Waals surface area (Å²) in [5.74, 6) is 0.0911. The summed E-state index contributed by atoms with van der Waals surface area (Å²) in [6.07, 6.45) is 5.46. The van der Waals surface area contributed by atoms with Crippen LogP contribution in [0.4, 0.5) is 0 Å². The van der Waals surface area contributed by atoms with Gasteiger partial charge in [-0.15, -0.1) is 0 Å². The third-order valence-corrected chi connectivity index (χ3v) is 3.46. The second-order valence-electron chi connectivity index (χ2n) is 4.83. The molecule has 0 spiro atoms. The summed E-state index contributed by atoms with van der Waals surface area (Å²) in [7, 11) is 1.93. The number of likely N-dealkylation sites (tertiary alicyclic amines) is 1. The molecule has 2 rings (SSSR count). The second kappa shape index (κ2) is 4.84. The summed E-state index contributed by atoms with van der Waals surface area (Å²) in [4.78, 5) is 18.4. The summed E-state index contributed by atoms with van der Waals surface area (Å²) in [5, 5.41) is 3.18. The molecular weight excluding hydrogens is 214 g/mol. The summed E-state index contributed by atoms with van der Waals surface area (Å²) < 4.78 is 0. The van der Waals surface area contributed by atoms with E-state index < -0.39 is 0 Å². The summed E-state index contributed by atoms with van der Waals surface area (Å²) in [5.41, 5.74) is 0.610. The van der Waals surface area contributed by atoms with E-state index >= 15 is 0 Å². The van der Waals surface area contributed by atoms with Crippen LogP contribution in [-0.2, 0) is 0 Å². The lowest BCUT2D eigenvalue weighted by molar-refractivity contribution is 0.0626. The van der Waals surface area contributed by atoms with Crippen molar-refractivity contribution in [1.29, 1.82) is 0 Å². The number of hydrogen-bond donors (Lipinski definition) is 1. The van der Waals surface area contributed by atoms with Gasteiger partial charge in [0.15, 0.2) is 0 Å². The molecular formula is C13H19N3O. The Labute approximate surface area is 102 Å². The van der Waals surface area contributed by atoms with Gasteiger partial charge in [0.25, 0.3) is 5.91 Å². The molecule has 0 aromatic carbocycles. The molecule has 4 heteroatoms. The predicted molar refractivity (Wildman–Crippen MR) is 66.8 cm³/mol. The van der Waals surface area contributed by atoms with Crippen molar-refractivity contribution >= 4 is 5.91 Å². The Kier molecular flexibility index (Phi) is 3.43. The van der Waals surface area contributed by atoms with Crippen molar-refractivity contribution in [3.05, 3.63) is 30.1 Å². The highest BCUT2D eigenvalue weighted by Crippen LogP contribution is 2.29. The van der Waals surface area contributed by atoms with E-state index in [2.05, 4.69) is 17.2 Å². The van der Waals surface area contributed by atoms with Crippen LogP contribution in [0.25, 0.3) is 0 Å². The van der Waals surface area contributed by atoms with Crippen molar-refractivity contribution in [3.63, 3.8) is 0 Å². The number of carbonyl (C=O) groups is 1. The van der Waals surface area contributed by atoms with E-state index in [-0.39, 0.29) is 11.4 Å². The van der Waals surface area contributed by atoms with E-state index in [4.69, 9.17) is 0 Å². The lowest BCUT2D eigenvalue weighted by Gasteiger charge is -2.35. The van der Waals surface area contributed by atoms with Crippen molar-refractivity contribution in [3.8, 4) is 0 Å². The first-order valence-corrected chi connectivity index (χ1v) is 6.04. The molecule has 1 saturated heterocycles. The van der Waals surface area contributed by atoms with Gasteiger partial charge < -0.3 is 10.2 Å². The molecule has 0 aliphatic carbocycles. The van der Waals surface area contributed by atoms with Gasteiger partial charge >= 0.3 is 0 Å². The second-order valence-corrected chi connectivity index (χ2v) is 4.83. The molecule has 1 aromatic rings. The minimum absolute atomic E-state index is 0.0678. The van der Waals surface area contributed by atoms with Gasteiger partial charge in [-0.1, -0.05) is 0 Å². The fourth-order valence-electron chi connectivity index (χ4n) is 2.58. The Balaban J connectivity index is 2.19. The van der Waals surface area contributed by atoms with Crippen molar-refractivity contribution in [2.45, 2.75) is 25.3 Å². The molecule has 1 fully saturated rings. The lowest BCUT2D eigenvalue weighted by atomic mass is 9.98. The van der Waals surface area contributed by atoms with Crippen LogP contribution >= 0.6 is 0 Å². The number of pyridine rings is 1. The van der Waals surface area contributed by atoms with Crippen molar-refractivity contribution in [2.24, 2.45) is 0 Å². The number of carbonyl (C=O) groups excluding carboxylic acids is 1. The first-order valence-electron chi connectivity index (χ1n) is 6.04. The molecule has 1 N–H and O–H groups in total. The third-order valence-electron chi connectivity index (χ3n) is 3.46. The maximum absolute atomic E-state index is 12.4. The van der Waals surface area contributed by atoms with Gasteiger partial charge in [0.2, 0.25) is 0 Å². The van der Waals surface area contributed by atoms with Crippen LogP contribution < -0.4 is 5.32 Å². The number of nitrogens with zero attached hydrogens (tertiary/aromatic N) is 2. The lowest BCUT2D eigenvalue weighted by Crippen LogP contribution is -2.50. The van der Waals surface area contributed by atoms with Crippen LogP contribution in [-0.4, -0.2) is 41.5 Å². The first kappa shape index (κ1) is 12.0. The molecule has 2 heterocycles. The highest BCUT2D eigenvalue weighted by Gasteiger charge is 2.39. The Morgan fingerprint density at radius 3 is 3.12 bits per heavy atom. The number of hydrogen-bond acceptors (Lipinski definition) is 3. The van der Waals surface area contributed by atoms with Crippen LogP contribution in [0.15, 0.2) is 24.5 Å². The first-order chi connectivity index (χ1) is 8.17. The average Bonchev–Trinajstić information content (AvgIpc) is 2.72. The van der Waals surface area contributed by atoms with Gasteiger partial charge in [-0.3, -0.25) is 9.78 Å². The van der Waals surface area contributed by atoms with Crippen molar-refractivity contribution in [2.75, 3.05) is 20.1 Å². The van der Waals surface area contributed by atoms with Gasteiger partial charge in [0.1, 0.15) is 0 Å². The Hall–Kier alpha value is -1.42. The average molecular weight is 233 g/mol. The number of nitrogens with one attached hydrogen (secondary N) is 1. The van der Waals surface area contributed by atoms with E-state index in [1.807, 2.05) is 18.0 Å². The standard InChI is InChI=1S/C13H19N3O/c1-13(10-14-2)6-4-8-16(13)12(17)11-5-3-7-15-9-11/h3,5,7,9,14H,4,6,8,10H2,1-2H3. The number of rotatable bonds is 3. The van der Waals surface area contributed by atoms with Crippen LogP contribution in [0.1, 0.15) is 30.1 Å². The van der Waals surface area contributed by atoms with Gasteiger partial charge in [0, 0.05) is 25.5 Å². The maximum Gasteiger partial charge on any atom is 0.255 e. The zero-order chi connectivity index (χ0) is 12.3. The zero-order valence-corrected chi connectivity index (χ0v) is 10.4. The van der Waals surface area contributed by atoms with Gasteiger partial charge in [-0.25, -0.2) is 0 Å². The monoisotopic (exact) mass is 233 g/mol. The molecule has 1 aliphatic heterocycles. The normalized spacial score (nSPS) is 24.0. The predicted octanol–water partition coefficient (Wildman–Crippen LogP) is 1.30. The highest BCUT2D eigenvalue weighted by atomic mass is 16.2. The molecule has 0 radical (unpaired) electrons. The largest absolute Gasteiger partial charge is 0.332 e. The fourth-order valence-corrected chi connectivity index (χ4v) is 2.58. The smallest absolute Gasteiger partial charge is 0.255 e. The quantitative estimate of drug-likeness (QED) is 0.855. The van der Waals surface area contributed by atoms with E-state index in [0.29, 0.717) is 5.56 Å². The number of aromatic nitrogens is 1. The molecule has 1 aliphatic rings. The summed E-state index contributed by atoms with van der Waals surface area (Å²) >= 11 is 0. The minimum atomic E-state index is -0.0678. The fraction of sp³-hybridized carbons (Fsp3) is 0.538. The van der Waals surface area contributed by atoms with Gasteiger partial charge in [-0.05, 0) is 38.9 Å². The highest BCUT2D eigenvalue weighted by molar-refractivity contribution is 5.94. The zero-order valence-electron chi connectivity index (χ0n) is 10.4. The van der Waals surface area contributed by atoms with Crippen molar-refractivity contribution in [1.82, 2.24) is 15.2 Å². The molecule has 1 unspecified atom stereocenters. The summed E-state index contributed by atoms with van der Waals surface area (Å²) in [6, 6.07) is 3.63. The number of likely N-dealkylation sites (N-methyl/N-ethyl adjacent to an activating group) is 1. The molecule has 0 bridgehead atoms. The SMILES string of the molecule is CNCC1(C)CCCN1C(=O)c1cccnc1. The van der Waals surface area contributed by atoms with E-state index in [0.717, 1.165) is 25.9 Å². The Bertz CT molecular complexity index is 393. The van der Waals surface area contributed by atoms with E-state index in [1.54, 1.807) is 18.5 Å². The topological polar surface area (TPSA) is 45.2 Å². The Morgan fingerprint density at radius 2 is 2.47 bits per heavy atom. The van der Waals surface area contributed by atoms with Gasteiger partial charge in [0.05, 0.1) is 11.1 Å². The number of amides is 1. The molecule has 1 amide bonds. The third kappa shape index (κ3) is 2.31. The Morgan fingerprint density at radius 1 is 1.65 bits per heavy atom.